The number of hydrogen-bond acceptors (Lipinski definition) is 7. The molecule has 0 atom stereocenters. The Bertz CT molecular complexity index is 979. The average Bonchev–Trinajstić information content (AvgIpc) is 3.12. The molecule has 0 unspecified atom stereocenters. The van der Waals surface area contributed by atoms with E-state index < -0.39 is 0 Å². The van der Waals surface area contributed by atoms with Gasteiger partial charge in [-0.25, -0.2) is 0 Å². The lowest BCUT2D eigenvalue weighted by atomic mass is 10.0. The number of benzene rings is 2. The van der Waals surface area contributed by atoms with Crippen LogP contribution in [-0.2, 0) is 16.0 Å². The standard InChI is InChI=1S/C24H29NO7/c1-28-11-9-25(10-12-29-2)15-18-19(26)7-6-17-23(27)22(32-24(17)18)14-16-5-8-20(30-3)21(13-16)31-4/h5-8,13-14,26H,9-12,15H2,1-4H3. The molecule has 8 heteroatoms. The highest BCUT2D eigenvalue weighted by atomic mass is 16.5. The summed E-state index contributed by atoms with van der Waals surface area (Å²) >= 11 is 0. The van der Waals surface area contributed by atoms with Gasteiger partial charge in [-0.3, -0.25) is 4.79 Å². The summed E-state index contributed by atoms with van der Waals surface area (Å²) in [5.41, 5.74) is 1.59. The molecule has 0 aromatic heterocycles. The number of ether oxygens (including phenoxy) is 5. The van der Waals surface area contributed by atoms with Gasteiger partial charge in [-0.05, 0) is 29.8 Å². The third-order valence-electron chi connectivity index (χ3n) is 5.35. The number of ketones is 1. The minimum atomic E-state index is -0.258. The van der Waals surface area contributed by atoms with Gasteiger partial charge in [0.2, 0.25) is 5.78 Å². The van der Waals surface area contributed by atoms with Gasteiger partial charge < -0.3 is 33.7 Å². The molecule has 1 heterocycles. The molecule has 172 valence electrons. The van der Waals surface area contributed by atoms with E-state index in [4.69, 9.17) is 23.7 Å². The van der Waals surface area contributed by atoms with Crippen molar-refractivity contribution < 1.29 is 38.5 Å². The second kappa shape index (κ2) is 11.0. The molecule has 1 aliphatic heterocycles. The molecular formula is C24H29NO7. The third-order valence-corrected chi connectivity index (χ3v) is 5.35. The molecule has 0 bridgehead atoms. The van der Waals surface area contributed by atoms with Crippen LogP contribution in [0.4, 0.5) is 0 Å². The van der Waals surface area contributed by atoms with Crippen LogP contribution in [-0.4, -0.2) is 60.5 Å². The van der Waals surface area contributed by atoms with Crippen molar-refractivity contribution >= 4 is 11.9 Å². The van der Waals surface area contributed by atoms with Crippen LogP contribution in [0.15, 0.2) is 36.1 Å². The van der Waals surface area contributed by atoms with Gasteiger partial charge >= 0.3 is 0 Å². The highest BCUT2D eigenvalue weighted by Gasteiger charge is 2.31. The molecule has 1 N–H and O–H groups in total. The fourth-order valence-electron chi connectivity index (χ4n) is 3.60. The van der Waals surface area contributed by atoms with Crippen molar-refractivity contribution in [2.24, 2.45) is 0 Å². The molecule has 0 spiro atoms. The van der Waals surface area contributed by atoms with E-state index in [-0.39, 0.29) is 17.3 Å². The molecule has 3 rings (SSSR count). The first-order valence-electron chi connectivity index (χ1n) is 10.3. The van der Waals surface area contributed by atoms with Crippen LogP contribution < -0.4 is 24.2 Å². The van der Waals surface area contributed by atoms with E-state index in [1.165, 1.54) is 12.1 Å². The molecule has 0 aliphatic carbocycles. The van der Waals surface area contributed by atoms with Gasteiger partial charge in [0.1, 0.15) is 25.4 Å². The predicted molar refractivity (Wildman–Crippen MR) is 117 cm³/mol. The summed E-state index contributed by atoms with van der Waals surface area (Å²) in [7, 11) is 6.38. The summed E-state index contributed by atoms with van der Waals surface area (Å²) in [5.74, 6) is 1.21. The molecule has 2 aromatic rings. The van der Waals surface area contributed by atoms with Gasteiger partial charge in [-0.15, -0.1) is 0 Å². The predicted octanol–water partition coefficient (Wildman–Crippen LogP) is 1.07. The lowest BCUT2D eigenvalue weighted by molar-refractivity contribution is -0.914. The zero-order chi connectivity index (χ0) is 23.1. The largest absolute Gasteiger partial charge is 0.872 e. The number of nitrogens with one attached hydrogen (secondary N) is 1. The van der Waals surface area contributed by atoms with Crippen molar-refractivity contribution in [2.45, 2.75) is 6.54 Å². The number of rotatable bonds is 11. The second-order valence-electron chi connectivity index (χ2n) is 7.39. The van der Waals surface area contributed by atoms with Gasteiger partial charge in [0.15, 0.2) is 17.3 Å². The van der Waals surface area contributed by atoms with E-state index in [2.05, 4.69) is 0 Å². The van der Waals surface area contributed by atoms with Crippen LogP contribution in [0.3, 0.4) is 0 Å². The van der Waals surface area contributed by atoms with E-state index in [0.717, 1.165) is 10.5 Å². The summed E-state index contributed by atoms with van der Waals surface area (Å²) in [6.45, 7) is 2.90. The quantitative estimate of drug-likeness (QED) is 0.520. The molecule has 0 saturated carbocycles. The van der Waals surface area contributed by atoms with Gasteiger partial charge in [-0.1, -0.05) is 17.9 Å². The smallest absolute Gasteiger partial charge is 0.231 e. The zero-order valence-electron chi connectivity index (χ0n) is 18.9. The molecule has 0 saturated heterocycles. The topological polar surface area (TPSA) is 90.7 Å². The molecule has 2 aromatic carbocycles. The Kier molecular flexibility index (Phi) is 8.10. The lowest BCUT2D eigenvalue weighted by Gasteiger charge is -2.23. The Morgan fingerprint density at radius 3 is 2.28 bits per heavy atom. The number of methoxy groups -OCH3 is 4. The molecule has 32 heavy (non-hydrogen) atoms. The number of carbonyl (C=O) groups excluding carboxylic acids is 1. The summed E-state index contributed by atoms with van der Waals surface area (Å²) in [4.78, 5) is 14.1. The molecule has 0 fully saturated rings. The molecule has 8 nitrogen and oxygen atoms in total. The number of allylic oxidation sites excluding steroid dienone is 1. The zero-order valence-corrected chi connectivity index (χ0v) is 18.9. The highest BCUT2D eigenvalue weighted by Crippen LogP contribution is 2.38. The highest BCUT2D eigenvalue weighted by molar-refractivity contribution is 6.15. The minimum Gasteiger partial charge on any atom is -0.872 e. The van der Waals surface area contributed by atoms with Crippen molar-refractivity contribution in [3.05, 3.63) is 52.8 Å². The number of carbonyl (C=O) groups is 1. The number of quaternary nitrogens is 1. The monoisotopic (exact) mass is 443 g/mol. The van der Waals surface area contributed by atoms with E-state index >= 15 is 0 Å². The Labute approximate surface area is 187 Å². The fraction of sp³-hybridized carbons (Fsp3) is 0.375. The SMILES string of the molecule is COCC[NH+](CCOC)Cc1c([O-])ccc2c1OC(=Cc1ccc(OC)c(OC)c1)C2=O. The molecule has 1 aliphatic rings. The first-order chi connectivity index (χ1) is 15.5. The summed E-state index contributed by atoms with van der Waals surface area (Å²) in [6.07, 6.45) is 1.64. The number of Topliss-reactive ketones (excluding diaryl/α,β-unsaturated/α-hetero) is 1. The van der Waals surface area contributed by atoms with E-state index in [0.29, 0.717) is 61.2 Å². The van der Waals surface area contributed by atoms with Gasteiger partial charge in [-0.2, -0.15) is 0 Å². The molecule has 0 amide bonds. The Hall–Kier alpha value is -3.07. The van der Waals surface area contributed by atoms with Gasteiger partial charge in [0, 0.05) is 19.8 Å². The van der Waals surface area contributed by atoms with Crippen molar-refractivity contribution in [3.63, 3.8) is 0 Å². The second-order valence-corrected chi connectivity index (χ2v) is 7.39. The maximum absolute atomic E-state index is 13.0. The lowest BCUT2D eigenvalue weighted by Crippen LogP contribution is -3.11. The van der Waals surface area contributed by atoms with Crippen molar-refractivity contribution in [3.8, 4) is 23.0 Å². The van der Waals surface area contributed by atoms with Crippen molar-refractivity contribution in [1.29, 1.82) is 0 Å². The van der Waals surface area contributed by atoms with Crippen LogP contribution in [0.1, 0.15) is 21.5 Å². The van der Waals surface area contributed by atoms with Crippen LogP contribution in [0.2, 0.25) is 0 Å². The van der Waals surface area contributed by atoms with Crippen LogP contribution >= 0.6 is 0 Å². The Balaban J connectivity index is 1.90. The van der Waals surface area contributed by atoms with Gasteiger partial charge in [0.05, 0.1) is 33.0 Å². The third kappa shape index (κ3) is 5.21. The first-order valence-corrected chi connectivity index (χ1v) is 10.3. The maximum Gasteiger partial charge on any atom is 0.231 e. The summed E-state index contributed by atoms with van der Waals surface area (Å²) in [5, 5.41) is 12.7. The fourth-order valence-corrected chi connectivity index (χ4v) is 3.60. The van der Waals surface area contributed by atoms with Crippen LogP contribution in [0.5, 0.6) is 23.0 Å². The average molecular weight is 443 g/mol. The first kappa shape index (κ1) is 23.6. The van der Waals surface area contributed by atoms with Crippen LogP contribution in [0.25, 0.3) is 6.08 Å². The van der Waals surface area contributed by atoms with Gasteiger partial charge in [0.25, 0.3) is 0 Å². The Morgan fingerprint density at radius 2 is 1.66 bits per heavy atom. The normalized spacial score (nSPS) is 14.0. The van der Waals surface area contributed by atoms with Crippen LogP contribution in [0, 0.1) is 0 Å². The number of hydrogen-bond donors (Lipinski definition) is 1. The van der Waals surface area contributed by atoms with Crippen molar-refractivity contribution in [1.82, 2.24) is 0 Å². The Morgan fingerprint density at radius 1 is 0.969 bits per heavy atom. The van der Waals surface area contributed by atoms with E-state index in [1.54, 1.807) is 52.7 Å². The maximum atomic E-state index is 13.0. The van der Waals surface area contributed by atoms with E-state index in [9.17, 15) is 9.90 Å². The summed E-state index contributed by atoms with van der Waals surface area (Å²) in [6, 6.07) is 8.27. The molecule has 0 radical (unpaired) electrons. The number of fused-ring (bicyclic) bond motifs is 1. The summed E-state index contributed by atoms with van der Waals surface area (Å²) < 4.78 is 26.9. The van der Waals surface area contributed by atoms with Crippen molar-refractivity contribution in [2.75, 3.05) is 54.7 Å². The van der Waals surface area contributed by atoms with E-state index in [1.807, 2.05) is 0 Å². The minimum absolute atomic E-state index is 0.156. The molecular weight excluding hydrogens is 414 g/mol.